The first-order chi connectivity index (χ1) is 9.60. The number of carbonyl (C=O) groups excluding carboxylic acids is 1. The first kappa shape index (κ1) is 14.4. The second-order valence-electron chi connectivity index (χ2n) is 4.01. The van der Waals surface area contributed by atoms with Gasteiger partial charge in [0.1, 0.15) is 6.61 Å². The molecule has 0 saturated carbocycles. The summed E-state index contributed by atoms with van der Waals surface area (Å²) in [6.45, 7) is 0.107. The van der Waals surface area contributed by atoms with Crippen LogP contribution in [0.25, 0.3) is 0 Å². The van der Waals surface area contributed by atoms with Gasteiger partial charge in [0.25, 0.3) is 0 Å². The molecule has 5 heteroatoms. The molecule has 0 atom stereocenters. The van der Waals surface area contributed by atoms with Crippen molar-refractivity contribution in [2.45, 2.75) is 6.61 Å². The standard InChI is InChI=1S/C15H9Cl2NO2/c16-13-6-3-11(7-14(13)17)9-20-15(19)12-4-1-10(8-18)2-5-12/h1-7H,9H2. The van der Waals surface area contributed by atoms with Crippen molar-refractivity contribution in [3.05, 3.63) is 69.2 Å². The van der Waals surface area contributed by atoms with Crippen LogP contribution in [-0.2, 0) is 11.3 Å². The summed E-state index contributed by atoms with van der Waals surface area (Å²) >= 11 is 11.7. The van der Waals surface area contributed by atoms with Crippen LogP contribution in [0, 0.1) is 11.3 Å². The summed E-state index contributed by atoms with van der Waals surface area (Å²) in [4.78, 5) is 11.8. The third-order valence-corrected chi connectivity index (χ3v) is 3.34. The highest BCUT2D eigenvalue weighted by Crippen LogP contribution is 2.23. The maximum absolute atomic E-state index is 11.8. The van der Waals surface area contributed by atoms with Gasteiger partial charge in [-0.3, -0.25) is 0 Å². The van der Waals surface area contributed by atoms with Crippen molar-refractivity contribution in [2.75, 3.05) is 0 Å². The van der Waals surface area contributed by atoms with Crippen molar-refractivity contribution in [2.24, 2.45) is 0 Å². The number of benzene rings is 2. The Labute approximate surface area is 126 Å². The van der Waals surface area contributed by atoms with Crippen LogP contribution in [0.2, 0.25) is 10.0 Å². The van der Waals surface area contributed by atoms with Gasteiger partial charge >= 0.3 is 5.97 Å². The SMILES string of the molecule is N#Cc1ccc(C(=O)OCc2ccc(Cl)c(Cl)c2)cc1. The number of hydrogen-bond donors (Lipinski definition) is 0. The van der Waals surface area contributed by atoms with Gasteiger partial charge in [0.05, 0.1) is 27.2 Å². The molecule has 3 nitrogen and oxygen atoms in total. The third-order valence-electron chi connectivity index (χ3n) is 2.60. The second-order valence-corrected chi connectivity index (χ2v) is 4.83. The Morgan fingerprint density at radius 2 is 1.80 bits per heavy atom. The molecule has 0 radical (unpaired) electrons. The Hall–Kier alpha value is -2.02. The fraction of sp³-hybridized carbons (Fsp3) is 0.0667. The molecule has 0 aliphatic heterocycles. The quantitative estimate of drug-likeness (QED) is 0.798. The van der Waals surface area contributed by atoms with Crippen LogP contribution in [0.15, 0.2) is 42.5 Å². The van der Waals surface area contributed by atoms with Gasteiger partial charge in [-0.1, -0.05) is 29.3 Å². The highest BCUT2D eigenvalue weighted by atomic mass is 35.5. The lowest BCUT2D eigenvalue weighted by Crippen LogP contribution is -2.05. The van der Waals surface area contributed by atoms with E-state index in [0.717, 1.165) is 5.56 Å². The lowest BCUT2D eigenvalue weighted by atomic mass is 10.1. The van der Waals surface area contributed by atoms with Crippen molar-refractivity contribution in [3.63, 3.8) is 0 Å². The highest BCUT2D eigenvalue weighted by molar-refractivity contribution is 6.42. The lowest BCUT2D eigenvalue weighted by molar-refractivity contribution is 0.0472. The Balaban J connectivity index is 2.01. The number of hydrogen-bond acceptors (Lipinski definition) is 3. The predicted molar refractivity (Wildman–Crippen MR) is 76.7 cm³/mol. The van der Waals surface area contributed by atoms with E-state index >= 15 is 0 Å². The summed E-state index contributed by atoms with van der Waals surface area (Å²) in [6, 6.07) is 13.2. The van der Waals surface area contributed by atoms with Gasteiger partial charge in [-0.05, 0) is 42.0 Å². The Morgan fingerprint density at radius 1 is 1.10 bits per heavy atom. The number of esters is 1. The van der Waals surface area contributed by atoms with E-state index in [1.54, 1.807) is 42.5 Å². The number of rotatable bonds is 3. The monoisotopic (exact) mass is 305 g/mol. The van der Waals surface area contributed by atoms with Crippen LogP contribution in [0.3, 0.4) is 0 Å². The van der Waals surface area contributed by atoms with Crippen molar-refractivity contribution >= 4 is 29.2 Å². The minimum absolute atomic E-state index is 0.107. The van der Waals surface area contributed by atoms with E-state index < -0.39 is 5.97 Å². The van der Waals surface area contributed by atoms with Gasteiger partial charge in [-0.2, -0.15) is 5.26 Å². The van der Waals surface area contributed by atoms with Gasteiger partial charge in [-0.15, -0.1) is 0 Å². The molecule has 0 fully saturated rings. The van der Waals surface area contributed by atoms with Crippen molar-refractivity contribution < 1.29 is 9.53 Å². The van der Waals surface area contributed by atoms with E-state index in [1.807, 2.05) is 6.07 Å². The Bertz CT molecular complexity index is 675. The van der Waals surface area contributed by atoms with E-state index in [-0.39, 0.29) is 6.61 Å². The third kappa shape index (κ3) is 3.51. The Morgan fingerprint density at radius 3 is 2.40 bits per heavy atom. The number of nitriles is 1. The molecule has 2 aromatic rings. The fourth-order valence-electron chi connectivity index (χ4n) is 1.54. The molecule has 0 aliphatic carbocycles. The molecule has 2 aromatic carbocycles. The molecule has 2 rings (SSSR count). The smallest absolute Gasteiger partial charge is 0.338 e. The van der Waals surface area contributed by atoms with E-state index in [1.165, 1.54) is 0 Å². The number of halogens is 2. The summed E-state index contributed by atoms with van der Waals surface area (Å²) in [5.74, 6) is -0.458. The average Bonchev–Trinajstić information content (AvgIpc) is 2.48. The molecule has 0 N–H and O–H groups in total. The van der Waals surface area contributed by atoms with Gasteiger partial charge < -0.3 is 4.74 Å². The van der Waals surface area contributed by atoms with E-state index in [4.69, 9.17) is 33.2 Å². The first-order valence-electron chi connectivity index (χ1n) is 5.71. The topological polar surface area (TPSA) is 50.1 Å². The van der Waals surface area contributed by atoms with Gasteiger partial charge in [0.15, 0.2) is 0 Å². The maximum atomic E-state index is 11.8. The van der Waals surface area contributed by atoms with Gasteiger partial charge in [-0.25, -0.2) is 4.79 Å². The molecule has 0 amide bonds. The van der Waals surface area contributed by atoms with Gasteiger partial charge in [0, 0.05) is 0 Å². The second kappa shape index (κ2) is 6.42. The van der Waals surface area contributed by atoms with Crippen molar-refractivity contribution in [1.82, 2.24) is 0 Å². The Kier molecular flexibility index (Phi) is 4.62. The first-order valence-corrected chi connectivity index (χ1v) is 6.47. The lowest BCUT2D eigenvalue weighted by Gasteiger charge is -2.06. The van der Waals surface area contributed by atoms with Crippen LogP contribution in [0.1, 0.15) is 21.5 Å². The van der Waals surface area contributed by atoms with Crippen LogP contribution in [-0.4, -0.2) is 5.97 Å². The molecule has 100 valence electrons. The zero-order valence-corrected chi connectivity index (χ0v) is 11.8. The minimum Gasteiger partial charge on any atom is -0.457 e. The molecule has 0 aliphatic rings. The summed E-state index contributed by atoms with van der Waals surface area (Å²) in [6.07, 6.45) is 0. The summed E-state index contributed by atoms with van der Waals surface area (Å²) in [5, 5.41) is 9.55. The molecule has 0 saturated heterocycles. The van der Waals surface area contributed by atoms with Gasteiger partial charge in [0.2, 0.25) is 0 Å². The molecular weight excluding hydrogens is 297 g/mol. The van der Waals surface area contributed by atoms with Crippen molar-refractivity contribution in [3.8, 4) is 6.07 Å². The predicted octanol–water partition coefficient (Wildman–Crippen LogP) is 4.22. The molecule has 0 spiro atoms. The zero-order valence-electron chi connectivity index (χ0n) is 10.3. The van der Waals surface area contributed by atoms with E-state index in [0.29, 0.717) is 21.2 Å². The van der Waals surface area contributed by atoms with Crippen LogP contribution >= 0.6 is 23.2 Å². The summed E-state index contributed by atoms with van der Waals surface area (Å²) in [5.41, 5.74) is 1.64. The van der Waals surface area contributed by atoms with E-state index in [9.17, 15) is 4.79 Å². The van der Waals surface area contributed by atoms with Crippen LogP contribution in [0.4, 0.5) is 0 Å². The fourth-order valence-corrected chi connectivity index (χ4v) is 1.86. The largest absolute Gasteiger partial charge is 0.457 e. The minimum atomic E-state index is -0.458. The maximum Gasteiger partial charge on any atom is 0.338 e. The summed E-state index contributed by atoms with van der Waals surface area (Å²) < 4.78 is 5.16. The zero-order chi connectivity index (χ0) is 14.5. The normalized spacial score (nSPS) is 9.85. The average molecular weight is 306 g/mol. The molecule has 20 heavy (non-hydrogen) atoms. The van der Waals surface area contributed by atoms with Crippen LogP contribution in [0.5, 0.6) is 0 Å². The molecular formula is C15H9Cl2NO2. The molecule has 0 heterocycles. The highest BCUT2D eigenvalue weighted by Gasteiger charge is 2.08. The van der Waals surface area contributed by atoms with E-state index in [2.05, 4.69) is 0 Å². The van der Waals surface area contributed by atoms with Crippen molar-refractivity contribution in [1.29, 1.82) is 5.26 Å². The molecule has 0 bridgehead atoms. The summed E-state index contributed by atoms with van der Waals surface area (Å²) in [7, 11) is 0. The number of nitrogens with zero attached hydrogens (tertiary/aromatic N) is 1. The number of ether oxygens (including phenoxy) is 1. The number of carbonyl (C=O) groups is 1. The molecule has 0 unspecified atom stereocenters. The van der Waals surface area contributed by atoms with Crippen LogP contribution < -0.4 is 0 Å². The molecule has 0 aromatic heterocycles.